The Morgan fingerprint density at radius 1 is 0.943 bits per heavy atom. The second-order valence-corrected chi connectivity index (χ2v) is 8.77. The Kier molecular flexibility index (Phi) is 6.25. The Hall–Kier alpha value is -4.10. The van der Waals surface area contributed by atoms with Crippen molar-refractivity contribution in [3.63, 3.8) is 0 Å². The molecule has 0 aliphatic carbocycles. The molecule has 0 N–H and O–H groups in total. The van der Waals surface area contributed by atoms with Crippen LogP contribution in [0.3, 0.4) is 0 Å². The lowest BCUT2D eigenvalue weighted by Gasteiger charge is -2.24. The summed E-state index contributed by atoms with van der Waals surface area (Å²) in [5.41, 5.74) is 1.10. The van der Waals surface area contributed by atoms with Crippen molar-refractivity contribution in [2.24, 2.45) is 0 Å². The fourth-order valence-corrected chi connectivity index (χ4v) is 4.33. The lowest BCUT2D eigenvalue weighted by Crippen LogP contribution is -2.42. The molecular formula is C27H22ClN3O4. The number of rotatable bonds is 6. The Labute approximate surface area is 207 Å². The van der Waals surface area contributed by atoms with Gasteiger partial charge in [-0.3, -0.25) is 19.3 Å². The Morgan fingerprint density at radius 2 is 1.77 bits per heavy atom. The molecule has 5 rings (SSSR count). The summed E-state index contributed by atoms with van der Waals surface area (Å²) in [6.45, 7) is -0.0336. The molecule has 0 atom stereocenters. The van der Waals surface area contributed by atoms with Crippen molar-refractivity contribution >= 4 is 45.8 Å². The summed E-state index contributed by atoms with van der Waals surface area (Å²) in [6.07, 6.45) is 1.53. The molecule has 0 saturated carbocycles. The first kappa shape index (κ1) is 22.7. The second kappa shape index (κ2) is 9.64. The molecule has 2 heterocycles. The van der Waals surface area contributed by atoms with Crippen LogP contribution in [0.15, 0.2) is 89.5 Å². The van der Waals surface area contributed by atoms with E-state index >= 15 is 0 Å². The quantitative estimate of drug-likeness (QED) is 0.399. The first-order valence-electron chi connectivity index (χ1n) is 11.1. The number of anilines is 1. The predicted molar refractivity (Wildman–Crippen MR) is 133 cm³/mol. The smallest absolute Gasteiger partial charge is 0.254 e. The number of halogens is 1. The van der Waals surface area contributed by atoms with Gasteiger partial charge in [-0.1, -0.05) is 48.0 Å². The van der Waals surface area contributed by atoms with Gasteiger partial charge < -0.3 is 14.2 Å². The number of furan rings is 1. The van der Waals surface area contributed by atoms with Gasteiger partial charge in [-0.2, -0.15) is 0 Å². The highest BCUT2D eigenvalue weighted by Crippen LogP contribution is 2.23. The normalized spacial score (nSPS) is 13.5. The third-order valence-corrected chi connectivity index (χ3v) is 6.18. The summed E-state index contributed by atoms with van der Waals surface area (Å²) in [5, 5.41) is 2.46. The number of fused-ring (bicyclic) bond motifs is 1. The fourth-order valence-electron chi connectivity index (χ4n) is 4.14. The zero-order valence-electron chi connectivity index (χ0n) is 18.8. The van der Waals surface area contributed by atoms with Gasteiger partial charge in [0.25, 0.3) is 5.91 Å². The van der Waals surface area contributed by atoms with Gasteiger partial charge in [0.05, 0.1) is 12.8 Å². The van der Waals surface area contributed by atoms with Crippen molar-refractivity contribution in [2.75, 3.05) is 24.7 Å². The maximum absolute atomic E-state index is 13.5. The predicted octanol–water partition coefficient (Wildman–Crippen LogP) is 4.56. The average Bonchev–Trinajstić information content (AvgIpc) is 3.52. The Morgan fingerprint density at radius 3 is 2.54 bits per heavy atom. The van der Waals surface area contributed by atoms with Crippen LogP contribution in [0.1, 0.15) is 16.1 Å². The lowest BCUT2D eigenvalue weighted by atomic mass is 10.1. The maximum Gasteiger partial charge on any atom is 0.254 e. The summed E-state index contributed by atoms with van der Waals surface area (Å²) in [5.74, 6) is -0.273. The highest BCUT2D eigenvalue weighted by molar-refractivity contribution is 6.31. The molecule has 0 spiro atoms. The van der Waals surface area contributed by atoms with Gasteiger partial charge in [-0.25, -0.2) is 0 Å². The van der Waals surface area contributed by atoms with E-state index in [0.717, 1.165) is 10.8 Å². The molecule has 0 unspecified atom stereocenters. The zero-order valence-corrected chi connectivity index (χ0v) is 19.5. The molecule has 1 saturated heterocycles. The molecular weight excluding hydrogens is 466 g/mol. The van der Waals surface area contributed by atoms with E-state index in [9.17, 15) is 14.4 Å². The lowest BCUT2D eigenvalue weighted by molar-refractivity contribution is -0.132. The monoisotopic (exact) mass is 487 g/mol. The molecule has 3 amide bonds. The first-order chi connectivity index (χ1) is 17.0. The third kappa shape index (κ3) is 4.90. The molecule has 1 aliphatic rings. The van der Waals surface area contributed by atoms with Crippen molar-refractivity contribution in [3.8, 4) is 0 Å². The van der Waals surface area contributed by atoms with Gasteiger partial charge in [0, 0.05) is 16.3 Å². The van der Waals surface area contributed by atoms with Crippen LogP contribution in [0.2, 0.25) is 5.02 Å². The van der Waals surface area contributed by atoms with Gasteiger partial charge in [-0.15, -0.1) is 0 Å². The molecule has 7 nitrogen and oxygen atoms in total. The minimum Gasteiger partial charge on any atom is -0.467 e. The fraction of sp³-hybridized carbons (Fsp3) is 0.148. The summed E-state index contributed by atoms with van der Waals surface area (Å²) in [6, 6.07) is 23.6. The molecule has 0 radical (unpaired) electrons. The number of benzene rings is 3. The zero-order chi connectivity index (χ0) is 24.4. The summed E-state index contributed by atoms with van der Waals surface area (Å²) in [4.78, 5) is 43.7. The number of nitrogens with zero attached hydrogens (tertiary/aromatic N) is 3. The third-order valence-electron chi connectivity index (χ3n) is 5.95. The topological polar surface area (TPSA) is 74.1 Å². The number of hydrogen-bond donors (Lipinski definition) is 0. The molecule has 35 heavy (non-hydrogen) atoms. The number of carbonyl (C=O) groups is 3. The van der Waals surface area contributed by atoms with E-state index in [1.807, 2.05) is 36.4 Å². The largest absolute Gasteiger partial charge is 0.467 e. The van der Waals surface area contributed by atoms with Gasteiger partial charge in [-0.05, 0) is 53.2 Å². The van der Waals surface area contributed by atoms with Gasteiger partial charge >= 0.3 is 0 Å². The van der Waals surface area contributed by atoms with E-state index < -0.39 is 0 Å². The van der Waals surface area contributed by atoms with Crippen LogP contribution >= 0.6 is 11.6 Å². The Balaban J connectivity index is 1.36. The average molecular weight is 488 g/mol. The van der Waals surface area contributed by atoms with Gasteiger partial charge in [0.2, 0.25) is 11.8 Å². The SMILES string of the molecule is O=C(CN(Cc1ccco1)C(=O)c1ccc2ccccc2c1)N1CC(=O)N(c2cccc(Cl)c2)C1. The van der Waals surface area contributed by atoms with E-state index in [-0.39, 0.29) is 44.0 Å². The van der Waals surface area contributed by atoms with Crippen LogP contribution in [-0.4, -0.2) is 47.3 Å². The van der Waals surface area contributed by atoms with Gasteiger partial charge in [0.1, 0.15) is 25.5 Å². The summed E-state index contributed by atoms with van der Waals surface area (Å²) in [7, 11) is 0. The van der Waals surface area contributed by atoms with Crippen LogP contribution in [0, 0.1) is 0 Å². The van der Waals surface area contributed by atoms with Crippen molar-refractivity contribution in [3.05, 3.63) is 101 Å². The van der Waals surface area contributed by atoms with Crippen LogP contribution in [0.4, 0.5) is 5.69 Å². The first-order valence-corrected chi connectivity index (χ1v) is 11.5. The van der Waals surface area contributed by atoms with E-state index in [4.69, 9.17) is 16.0 Å². The van der Waals surface area contributed by atoms with E-state index in [1.54, 1.807) is 42.5 Å². The minimum absolute atomic E-state index is 0.0654. The van der Waals surface area contributed by atoms with E-state index in [1.165, 1.54) is 21.0 Å². The van der Waals surface area contributed by atoms with E-state index in [0.29, 0.717) is 22.0 Å². The standard InChI is InChI=1S/C27H22ClN3O4/c28-22-7-3-8-23(14-22)31-18-30(17-26(31)33)25(32)16-29(15-24-9-4-12-35-24)27(34)21-11-10-19-5-1-2-6-20(19)13-21/h1-14H,15-18H2. The van der Waals surface area contributed by atoms with Crippen LogP contribution < -0.4 is 4.90 Å². The van der Waals surface area contributed by atoms with Crippen molar-refractivity contribution in [1.82, 2.24) is 9.80 Å². The minimum atomic E-state index is -0.330. The highest BCUT2D eigenvalue weighted by Gasteiger charge is 2.33. The molecule has 3 aromatic carbocycles. The number of amides is 3. The van der Waals surface area contributed by atoms with E-state index in [2.05, 4.69) is 0 Å². The molecule has 4 aromatic rings. The van der Waals surface area contributed by atoms with Crippen LogP contribution in [-0.2, 0) is 16.1 Å². The molecule has 1 aliphatic heterocycles. The molecule has 1 fully saturated rings. The van der Waals surface area contributed by atoms with Crippen molar-refractivity contribution < 1.29 is 18.8 Å². The molecule has 0 bridgehead atoms. The van der Waals surface area contributed by atoms with Crippen molar-refractivity contribution in [2.45, 2.75) is 6.54 Å². The number of carbonyl (C=O) groups excluding carboxylic acids is 3. The summed E-state index contributed by atoms with van der Waals surface area (Å²) >= 11 is 6.06. The van der Waals surface area contributed by atoms with Crippen molar-refractivity contribution in [1.29, 1.82) is 0 Å². The maximum atomic E-state index is 13.5. The highest BCUT2D eigenvalue weighted by atomic mass is 35.5. The van der Waals surface area contributed by atoms with Crippen LogP contribution in [0.5, 0.6) is 0 Å². The summed E-state index contributed by atoms with van der Waals surface area (Å²) < 4.78 is 5.44. The molecule has 176 valence electrons. The van der Waals surface area contributed by atoms with Gasteiger partial charge in [0.15, 0.2) is 0 Å². The molecule has 8 heteroatoms. The Bertz CT molecular complexity index is 1400. The second-order valence-electron chi connectivity index (χ2n) is 8.34. The molecule has 1 aromatic heterocycles. The number of hydrogen-bond acceptors (Lipinski definition) is 4. The van der Waals surface area contributed by atoms with Crippen LogP contribution in [0.25, 0.3) is 10.8 Å².